The molecule has 1 aromatic carbocycles. The van der Waals surface area contributed by atoms with Gasteiger partial charge in [-0.25, -0.2) is 0 Å². The molecule has 1 aromatic rings. The molecule has 4 nitrogen and oxygen atoms in total. The van der Waals surface area contributed by atoms with E-state index in [2.05, 4.69) is 19.0 Å². The number of ether oxygens (including phenoxy) is 1. The van der Waals surface area contributed by atoms with E-state index in [0.717, 1.165) is 31.7 Å². The summed E-state index contributed by atoms with van der Waals surface area (Å²) in [4.78, 5) is 16.3. The average Bonchev–Trinajstić information content (AvgIpc) is 2.46. The van der Waals surface area contributed by atoms with Crippen molar-refractivity contribution < 1.29 is 9.53 Å². The Kier molecular flexibility index (Phi) is 5.01. The van der Waals surface area contributed by atoms with Gasteiger partial charge in [0.2, 0.25) is 0 Å². The molecule has 0 atom stereocenters. The molecule has 0 radical (unpaired) electrons. The zero-order chi connectivity index (χ0) is 14.5. The first-order valence-corrected chi connectivity index (χ1v) is 7.20. The van der Waals surface area contributed by atoms with Gasteiger partial charge in [-0.15, -0.1) is 0 Å². The second-order valence-electron chi connectivity index (χ2n) is 5.68. The van der Waals surface area contributed by atoms with Crippen LogP contribution in [0.4, 0.5) is 0 Å². The number of amides is 1. The lowest BCUT2D eigenvalue weighted by Crippen LogP contribution is -2.45. The SMILES string of the molecule is Cc1ccc(OCC(=O)N2CCC(N(C)C)CC2)cc1. The molecule has 1 aliphatic heterocycles. The minimum Gasteiger partial charge on any atom is -0.484 e. The van der Waals surface area contributed by atoms with E-state index in [1.165, 1.54) is 5.56 Å². The van der Waals surface area contributed by atoms with Crippen molar-refractivity contribution >= 4 is 5.91 Å². The Hall–Kier alpha value is -1.55. The van der Waals surface area contributed by atoms with Crippen molar-refractivity contribution in [3.8, 4) is 5.75 Å². The summed E-state index contributed by atoms with van der Waals surface area (Å²) in [5, 5.41) is 0. The topological polar surface area (TPSA) is 32.8 Å². The number of likely N-dealkylation sites (tertiary alicyclic amines) is 1. The molecule has 1 aliphatic rings. The molecule has 0 bridgehead atoms. The van der Waals surface area contributed by atoms with Crippen LogP contribution < -0.4 is 4.74 Å². The van der Waals surface area contributed by atoms with E-state index in [1.807, 2.05) is 36.1 Å². The van der Waals surface area contributed by atoms with Gasteiger partial charge in [-0.05, 0) is 46.0 Å². The molecule has 20 heavy (non-hydrogen) atoms. The normalized spacial score (nSPS) is 16.5. The maximum atomic E-state index is 12.1. The zero-order valence-corrected chi connectivity index (χ0v) is 12.6. The van der Waals surface area contributed by atoms with E-state index in [-0.39, 0.29) is 12.5 Å². The van der Waals surface area contributed by atoms with Crippen molar-refractivity contribution in [3.63, 3.8) is 0 Å². The predicted molar refractivity (Wildman–Crippen MR) is 80.0 cm³/mol. The summed E-state index contributed by atoms with van der Waals surface area (Å²) < 4.78 is 5.55. The molecule has 4 heteroatoms. The number of hydrogen-bond acceptors (Lipinski definition) is 3. The summed E-state index contributed by atoms with van der Waals surface area (Å²) in [7, 11) is 4.20. The van der Waals surface area contributed by atoms with E-state index in [0.29, 0.717) is 6.04 Å². The van der Waals surface area contributed by atoms with E-state index in [9.17, 15) is 4.79 Å². The van der Waals surface area contributed by atoms with Crippen molar-refractivity contribution in [1.29, 1.82) is 0 Å². The third-order valence-electron chi connectivity index (χ3n) is 3.93. The number of carbonyl (C=O) groups excluding carboxylic acids is 1. The fraction of sp³-hybridized carbons (Fsp3) is 0.562. The van der Waals surface area contributed by atoms with Crippen molar-refractivity contribution in [2.45, 2.75) is 25.8 Å². The zero-order valence-electron chi connectivity index (χ0n) is 12.6. The monoisotopic (exact) mass is 276 g/mol. The van der Waals surface area contributed by atoms with Gasteiger partial charge < -0.3 is 14.5 Å². The van der Waals surface area contributed by atoms with Crippen LogP contribution >= 0.6 is 0 Å². The maximum absolute atomic E-state index is 12.1. The first-order valence-electron chi connectivity index (χ1n) is 7.20. The van der Waals surface area contributed by atoms with Crippen LogP contribution in [0.15, 0.2) is 24.3 Å². The Balaban J connectivity index is 1.77. The van der Waals surface area contributed by atoms with Crippen LogP contribution in [0.2, 0.25) is 0 Å². The third kappa shape index (κ3) is 3.97. The Labute approximate surface area is 121 Å². The molecule has 0 aliphatic carbocycles. The number of rotatable bonds is 4. The molecule has 0 saturated carbocycles. The number of carbonyl (C=O) groups is 1. The third-order valence-corrected chi connectivity index (χ3v) is 3.93. The molecule has 1 fully saturated rings. The summed E-state index contributed by atoms with van der Waals surface area (Å²) in [5.41, 5.74) is 1.19. The van der Waals surface area contributed by atoms with Gasteiger partial charge in [0.05, 0.1) is 0 Å². The number of nitrogens with zero attached hydrogens (tertiary/aromatic N) is 2. The molecule has 1 heterocycles. The van der Waals surface area contributed by atoms with E-state index in [4.69, 9.17) is 4.74 Å². The minimum atomic E-state index is 0.0859. The van der Waals surface area contributed by atoms with Gasteiger partial charge in [-0.1, -0.05) is 17.7 Å². The summed E-state index contributed by atoms with van der Waals surface area (Å²) in [6.45, 7) is 3.83. The predicted octanol–water partition coefficient (Wildman–Crippen LogP) is 1.93. The summed E-state index contributed by atoms with van der Waals surface area (Å²) in [6, 6.07) is 8.38. The lowest BCUT2D eigenvalue weighted by Gasteiger charge is -2.35. The lowest BCUT2D eigenvalue weighted by molar-refractivity contribution is -0.134. The highest BCUT2D eigenvalue weighted by Gasteiger charge is 2.23. The number of aryl methyl sites for hydroxylation is 1. The lowest BCUT2D eigenvalue weighted by atomic mass is 10.0. The molecule has 0 unspecified atom stereocenters. The van der Waals surface area contributed by atoms with Crippen LogP contribution in [-0.4, -0.2) is 55.5 Å². The average molecular weight is 276 g/mol. The molecule has 0 spiro atoms. The van der Waals surface area contributed by atoms with E-state index in [1.54, 1.807) is 0 Å². The largest absolute Gasteiger partial charge is 0.484 e. The van der Waals surface area contributed by atoms with Crippen molar-refractivity contribution in [2.24, 2.45) is 0 Å². The highest BCUT2D eigenvalue weighted by molar-refractivity contribution is 5.77. The molecule has 1 saturated heterocycles. The van der Waals surface area contributed by atoms with Gasteiger partial charge in [0.1, 0.15) is 5.75 Å². The van der Waals surface area contributed by atoms with Crippen molar-refractivity contribution in [2.75, 3.05) is 33.8 Å². The number of benzene rings is 1. The quantitative estimate of drug-likeness (QED) is 0.842. The van der Waals surface area contributed by atoms with Crippen LogP contribution in [0.1, 0.15) is 18.4 Å². The Morgan fingerprint density at radius 1 is 1.25 bits per heavy atom. The van der Waals surface area contributed by atoms with E-state index >= 15 is 0 Å². The minimum absolute atomic E-state index is 0.0859. The fourth-order valence-corrected chi connectivity index (χ4v) is 2.50. The second-order valence-corrected chi connectivity index (χ2v) is 5.68. The van der Waals surface area contributed by atoms with Gasteiger partial charge in [0, 0.05) is 19.1 Å². The molecule has 1 amide bonds. The number of hydrogen-bond donors (Lipinski definition) is 0. The standard InChI is InChI=1S/C16H24N2O2/c1-13-4-6-15(7-5-13)20-12-16(19)18-10-8-14(9-11-18)17(2)3/h4-7,14H,8-12H2,1-3H3. The summed E-state index contributed by atoms with van der Waals surface area (Å²) in [6.07, 6.45) is 2.09. The maximum Gasteiger partial charge on any atom is 0.260 e. The molecule has 0 aromatic heterocycles. The Morgan fingerprint density at radius 2 is 1.85 bits per heavy atom. The summed E-state index contributed by atoms with van der Waals surface area (Å²) >= 11 is 0. The van der Waals surface area contributed by atoms with Crippen LogP contribution in [0, 0.1) is 6.92 Å². The molecule has 2 rings (SSSR count). The van der Waals surface area contributed by atoms with Crippen LogP contribution in [0.3, 0.4) is 0 Å². The van der Waals surface area contributed by atoms with E-state index < -0.39 is 0 Å². The molecule has 110 valence electrons. The molecular weight excluding hydrogens is 252 g/mol. The van der Waals surface area contributed by atoms with Crippen LogP contribution in [0.5, 0.6) is 5.75 Å². The molecule has 0 N–H and O–H groups in total. The first kappa shape index (κ1) is 14.9. The van der Waals surface area contributed by atoms with Gasteiger partial charge in [0.15, 0.2) is 6.61 Å². The van der Waals surface area contributed by atoms with Gasteiger partial charge in [0.25, 0.3) is 5.91 Å². The Bertz CT molecular complexity index is 434. The first-order chi connectivity index (χ1) is 9.56. The molecular formula is C16H24N2O2. The Morgan fingerprint density at radius 3 is 2.40 bits per heavy atom. The number of piperidine rings is 1. The van der Waals surface area contributed by atoms with Gasteiger partial charge in [-0.3, -0.25) is 4.79 Å². The highest BCUT2D eigenvalue weighted by Crippen LogP contribution is 2.15. The fourth-order valence-electron chi connectivity index (χ4n) is 2.50. The van der Waals surface area contributed by atoms with Gasteiger partial charge >= 0.3 is 0 Å². The van der Waals surface area contributed by atoms with Gasteiger partial charge in [-0.2, -0.15) is 0 Å². The smallest absolute Gasteiger partial charge is 0.260 e. The highest BCUT2D eigenvalue weighted by atomic mass is 16.5. The van der Waals surface area contributed by atoms with Crippen LogP contribution in [0.25, 0.3) is 0 Å². The summed E-state index contributed by atoms with van der Waals surface area (Å²) in [5.74, 6) is 0.843. The van der Waals surface area contributed by atoms with Crippen molar-refractivity contribution in [1.82, 2.24) is 9.80 Å². The van der Waals surface area contributed by atoms with Crippen LogP contribution in [-0.2, 0) is 4.79 Å². The van der Waals surface area contributed by atoms with Crippen molar-refractivity contribution in [3.05, 3.63) is 29.8 Å². The second kappa shape index (κ2) is 6.75.